The van der Waals surface area contributed by atoms with E-state index >= 15 is 0 Å². The molecule has 5 heteroatoms. The molecule has 0 aliphatic carbocycles. The number of thioether (sulfide) groups is 1. The van der Waals surface area contributed by atoms with Crippen LogP contribution >= 0.6 is 11.8 Å². The molecule has 0 aromatic heterocycles. The number of amidine groups is 1. The zero-order valence-corrected chi connectivity index (χ0v) is 11.0. The molecule has 0 heterocycles. The van der Waals surface area contributed by atoms with E-state index in [4.69, 9.17) is 20.6 Å². The predicted octanol–water partition coefficient (Wildman–Crippen LogP) is 2.11. The molecule has 0 radical (unpaired) electrons. The van der Waals surface area contributed by atoms with Gasteiger partial charge in [0.1, 0.15) is 5.84 Å². The fourth-order valence-electron chi connectivity index (χ4n) is 1.30. The molecule has 17 heavy (non-hydrogen) atoms. The molecule has 0 aliphatic heterocycles. The van der Waals surface area contributed by atoms with Crippen molar-refractivity contribution in [2.45, 2.75) is 6.92 Å². The molecule has 94 valence electrons. The first-order valence-electron chi connectivity index (χ1n) is 5.42. The van der Waals surface area contributed by atoms with Crippen LogP contribution in [0.2, 0.25) is 0 Å². The fraction of sp³-hybridized carbons (Fsp3) is 0.417. The van der Waals surface area contributed by atoms with E-state index in [1.54, 1.807) is 30.0 Å². The molecule has 0 saturated heterocycles. The Morgan fingerprint density at radius 1 is 1.35 bits per heavy atom. The standard InChI is InChI=1S/C12H18N2O2S/c1-3-15-11-8-9(12(13)14)4-5-10(11)16-6-7-17-2/h4-5,8H,3,6-7H2,1-2H3,(H3,13,14). The summed E-state index contributed by atoms with van der Waals surface area (Å²) in [5, 5.41) is 7.38. The van der Waals surface area contributed by atoms with Crippen molar-refractivity contribution in [2.75, 3.05) is 25.2 Å². The van der Waals surface area contributed by atoms with Crippen LogP contribution in [0.5, 0.6) is 11.5 Å². The number of benzene rings is 1. The van der Waals surface area contributed by atoms with Gasteiger partial charge in [-0.1, -0.05) is 0 Å². The summed E-state index contributed by atoms with van der Waals surface area (Å²) >= 11 is 1.73. The van der Waals surface area contributed by atoms with Crippen molar-refractivity contribution in [1.29, 1.82) is 5.41 Å². The summed E-state index contributed by atoms with van der Waals surface area (Å²) in [7, 11) is 0. The third kappa shape index (κ3) is 4.19. The number of nitrogens with two attached hydrogens (primary N) is 1. The molecule has 1 aromatic rings. The highest BCUT2D eigenvalue weighted by molar-refractivity contribution is 7.98. The Labute approximate surface area is 106 Å². The summed E-state index contributed by atoms with van der Waals surface area (Å²) in [5.41, 5.74) is 6.08. The van der Waals surface area contributed by atoms with Gasteiger partial charge in [0.15, 0.2) is 11.5 Å². The van der Waals surface area contributed by atoms with Crippen molar-refractivity contribution in [3.63, 3.8) is 0 Å². The quantitative estimate of drug-likeness (QED) is 0.444. The number of ether oxygens (including phenoxy) is 2. The molecule has 1 aromatic carbocycles. The number of hydrogen-bond acceptors (Lipinski definition) is 4. The predicted molar refractivity (Wildman–Crippen MR) is 72.5 cm³/mol. The lowest BCUT2D eigenvalue weighted by Gasteiger charge is -2.12. The maximum atomic E-state index is 7.38. The zero-order chi connectivity index (χ0) is 12.7. The van der Waals surface area contributed by atoms with Crippen molar-refractivity contribution < 1.29 is 9.47 Å². The SMILES string of the molecule is CCOc1cc(C(=N)N)ccc1OCCSC. The first kappa shape index (κ1) is 13.7. The largest absolute Gasteiger partial charge is 0.490 e. The lowest BCUT2D eigenvalue weighted by Crippen LogP contribution is -2.11. The van der Waals surface area contributed by atoms with Gasteiger partial charge in [-0.15, -0.1) is 0 Å². The molecule has 0 bridgehead atoms. The lowest BCUT2D eigenvalue weighted by molar-refractivity contribution is 0.289. The van der Waals surface area contributed by atoms with Crippen LogP contribution in [0.3, 0.4) is 0 Å². The Hall–Kier alpha value is -1.36. The van der Waals surface area contributed by atoms with Gasteiger partial charge >= 0.3 is 0 Å². The van der Waals surface area contributed by atoms with E-state index in [2.05, 4.69) is 0 Å². The second kappa shape index (κ2) is 7.06. The number of hydrogen-bond donors (Lipinski definition) is 2. The summed E-state index contributed by atoms with van der Waals surface area (Å²) in [6.45, 7) is 3.10. The van der Waals surface area contributed by atoms with Crippen LogP contribution in [0.15, 0.2) is 18.2 Å². The maximum Gasteiger partial charge on any atom is 0.161 e. The maximum absolute atomic E-state index is 7.38. The van der Waals surface area contributed by atoms with Crippen LogP contribution < -0.4 is 15.2 Å². The van der Waals surface area contributed by atoms with Crippen LogP contribution in [0.4, 0.5) is 0 Å². The molecule has 0 fully saturated rings. The number of nitrogens with one attached hydrogen (secondary N) is 1. The van der Waals surface area contributed by atoms with Crippen molar-refractivity contribution in [3.8, 4) is 11.5 Å². The monoisotopic (exact) mass is 254 g/mol. The molecular weight excluding hydrogens is 236 g/mol. The molecule has 0 spiro atoms. The Kier molecular flexibility index (Phi) is 5.69. The average Bonchev–Trinajstić information content (AvgIpc) is 2.31. The normalized spacial score (nSPS) is 10.0. The molecule has 0 unspecified atom stereocenters. The highest BCUT2D eigenvalue weighted by Crippen LogP contribution is 2.28. The fourth-order valence-corrected chi connectivity index (χ4v) is 1.55. The Bertz CT molecular complexity index is 383. The van der Waals surface area contributed by atoms with Crippen LogP contribution in [0, 0.1) is 5.41 Å². The minimum Gasteiger partial charge on any atom is -0.490 e. The van der Waals surface area contributed by atoms with E-state index in [1.165, 1.54) is 0 Å². The molecule has 0 atom stereocenters. The van der Waals surface area contributed by atoms with E-state index in [1.807, 2.05) is 13.2 Å². The summed E-state index contributed by atoms with van der Waals surface area (Å²) in [6.07, 6.45) is 2.03. The van der Waals surface area contributed by atoms with Gasteiger partial charge < -0.3 is 15.2 Å². The van der Waals surface area contributed by atoms with Gasteiger partial charge in [-0.2, -0.15) is 11.8 Å². The first-order chi connectivity index (χ1) is 8.19. The number of nitrogen functional groups attached to an aromatic ring is 1. The highest BCUT2D eigenvalue weighted by Gasteiger charge is 2.07. The topological polar surface area (TPSA) is 68.3 Å². The van der Waals surface area contributed by atoms with Gasteiger partial charge in [-0.05, 0) is 31.4 Å². The van der Waals surface area contributed by atoms with Gasteiger partial charge in [0.25, 0.3) is 0 Å². The lowest BCUT2D eigenvalue weighted by atomic mass is 10.2. The smallest absolute Gasteiger partial charge is 0.161 e. The zero-order valence-electron chi connectivity index (χ0n) is 10.2. The van der Waals surface area contributed by atoms with Crippen molar-refractivity contribution in [3.05, 3.63) is 23.8 Å². The van der Waals surface area contributed by atoms with Crippen molar-refractivity contribution >= 4 is 17.6 Å². The molecule has 0 amide bonds. The minimum absolute atomic E-state index is 0.0293. The summed E-state index contributed by atoms with van der Waals surface area (Å²) in [5.74, 6) is 2.30. The third-order valence-corrected chi connectivity index (χ3v) is 2.67. The Morgan fingerprint density at radius 3 is 2.71 bits per heavy atom. The molecule has 4 nitrogen and oxygen atoms in total. The minimum atomic E-state index is 0.0293. The molecule has 0 aliphatic rings. The summed E-state index contributed by atoms with van der Waals surface area (Å²) in [4.78, 5) is 0. The van der Waals surface area contributed by atoms with E-state index in [-0.39, 0.29) is 5.84 Å². The summed E-state index contributed by atoms with van der Waals surface area (Å²) < 4.78 is 11.1. The highest BCUT2D eigenvalue weighted by atomic mass is 32.2. The third-order valence-electron chi connectivity index (χ3n) is 2.10. The molecule has 3 N–H and O–H groups in total. The van der Waals surface area contributed by atoms with Crippen LogP contribution in [-0.2, 0) is 0 Å². The van der Waals surface area contributed by atoms with Gasteiger partial charge in [0, 0.05) is 11.3 Å². The second-order valence-corrected chi connectivity index (χ2v) is 4.34. The number of rotatable bonds is 7. The molecule has 1 rings (SSSR count). The van der Waals surface area contributed by atoms with E-state index in [0.717, 1.165) is 5.75 Å². The second-order valence-electron chi connectivity index (χ2n) is 3.35. The van der Waals surface area contributed by atoms with Crippen molar-refractivity contribution in [1.82, 2.24) is 0 Å². The van der Waals surface area contributed by atoms with Crippen LogP contribution in [0.25, 0.3) is 0 Å². The molecular formula is C12H18N2O2S. The van der Waals surface area contributed by atoms with E-state index in [0.29, 0.717) is 30.3 Å². The van der Waals surface area contributed by atoms with E-state index in [9.17, 15) is 0 Å². The van der Waals surface area contributed by atoms with Gasteiger partial charge in [-0.25, -0.2) is 0 Å². The Morgan fingerprint density at radius 2 is 2.12 bits per heavy atom. The average molecular weight is 254 g/mol. The van der Waals surface area contributed by atoms with Gasteiger partial charge in [-0.3, -0.25) is 5.41 Å². The van der Waals surface area contributed by atoms with Crippen LogP contribution in [0.1, 0.15) is 12.5 Å². The first-order valence-corrected chi connectivity index (χ1v) is 6.81. The molecule has 0 saturated carbocycles. The Balaban J connectivity index is 2.83. The van der Waals surface area contributed by atoms with Gasteiger partial charge in [0.05, 0.1) is 13.2 Å². The van der Waals surface area contributed by atoms with Crippen molar-refractivity contribution in [2.24, 2.45) is 5.73 Å². The summed E-state index contributed by atoms with van der Waals surface area (Å²) in [6, 6.07) is 5.29. The van der Waals surface area contributed by atoms with E-state index < -0.39 is 0 Å². The van der Waals surface area contributed by atoms with Crippen LogP contribution in [-0.4, -0.2) is 31.1 Å². The van der Waals surface area contributed by atoms with Gasteiger partial charge in [0.2, 0.25) is 0 Å².